The van der Waals surface area contributed by atoms with E-state index in [1.54, 1.807) is 6.26 Å². The van der Waals surface area contributed by atoms with Gasteiger partial charge in [-0.1, -0.05) is 6.07 Å². The maximum Gasteiger partial charge on any atom is 0.134 e. The molecule has 0 aliphatic rings. The number of furan rings is 1. The van der Waals surface area contributed by atoms with E-state index in [0.717, 1.165) is 27.9 Å². The summed E-state index contributed by atoms with van der Waals surface area (Å²) in [7, 11) is 4.05. The highest BCUT2D eigenvalue weighted by Crippen LogP contribution is 2.33. The van der Waals surface area contributed by atoms with Crippen molar-refractivity contribution < 1.29 is 4.42 Å². The molecule has 3 heteroatoms. The van der Waals surface area contributed by atoms with E-state index in [0.29, 0.717) is 0 Å². The molecule has 0 saturated carbocycles. The number of pyridine rings is 1. The quantitative estimate of drug-likeness (QED) is 0.683. The molecule has 0 atom stereocenters. The summed E-state index contributed by atoms with van der Waals surface area (Å²) < 4.78 is 5.49. The Hall–Kier alpha value is -2.29. The van der Waals surface area contributed by atoms with Crippen molar-refractivity contribution in [3.05, 3.63) is 48.9 Å². The first-order valence-electron chi connectivity index (χ1n) is 5.86. The van der Waals surface area contributed by atoms with Crippen LogP contribution in [0, 0.1) is 0 Å². The molecule has 0 radical (unpaired) electrons. The maximum absolute atomic E-state index is 5.49. The molecule has 90 valence electrons. The van der Waals surface area contributed by atoms with E-state index in [1.165, 1.54) is 0 Å². The van der Waals surface area contributed by atoms with Gasteiger partial charge in [0.2, 0.25) is 0 Å². The van der Waals surface area contributed by atoms with Crippen LogP contribution in [0.25, 0.3) is 22.2 Å². The number of anilines is 1. The highest BCUT2D eigenvalue weighted by atomic mass is 16.3. The molecule has 18 heavy (non-hydrogen) atoms. The molecule has 3 nitrogen and oxygen atoms in total. The molecular formula is C15H14N2O. The summed E-state index contributed by atoms with van der Waals surface area (Å²) in [4.78, 5) is 6.56. The predicted octanol–water partition coefficient (Wildman–Crippen LogP) is 3.56. The number of aromatic nitrogens is 1. The van der Waals surface area contributed by atoms with Gasteiger partial charge in [0.05, 0.1) is 17.5 Å². The number of hydrogen-bond donors (Lipinski definition) is 0. The fraction of sp³-hybridized carbons (Fsp3) is 0.133. The van der Waals surface area contributed by atoms with E-state index in [4.69, 9.17) is 4.42 Å². The van der Waals surface area contributed by atoms with Gasteiger partial charge < -0.3 is 9.32 Å². The van der Waals surface area contributed by atoms with Crippen LogP contribution in [0.5, 0.6) is 0 Å². The zero-order valence-electron chi connectivity index (χ0n) is 10.4. The Morgan fingerprint density at radius 2 is 1.94 bits per heavy atom. The van der Waals surface area contributed by atoms with Crippen LogP contribution < -0.4 is 4.90 Å². The summed E-state index contributed by atoms with van der Waals surface area (Å²) in [5.41, 5.74) is 3.19. The Morgan fingerprint density at radius 1 is 1.06 bits per heavy atom. The summed E-state index contributed by atoms with van der Waals surface area (Å²) >= 11 is 0. The van der Waals surface area contributed by atoms with Gasteiger partial charge in [-0.3, -0.25) is 4.98 Å². The summed E-state index contributed by atoms with van der Waals surface area (Å²) in [6.45, 7) is 0. The molecule has 0 fully saturated rings. The largest absolute Gasteiger partial charge is 0.464 e. The molecule has 0 aliphatic heterocycles. The smallest absolute Gasteiger partial charge is 0.134 e. The lowest BCUT2D eigenvalue weighted by Gasteiger charge is -2.15. The van der Waals surface area contributed by atoms with Crippen LogP contribution in [-0.4, -0.2) is 19.1 Å². The van der Waals surface area contributed by atoms with Crippen LogP contribution in [-0.2, 0) is 0 Å². The Morgan fingerprint density at radius 3 is 2.67 bits per heavy atom. The van der Waals surface area contributed by atoms with E-state index in [1.807, 2.05) is 38.5 Å². The van der Waals surface area contributed by atoms with Gasteiger partial charge in [0.25, 0.3) is 0 Å². The Labute approximate surface area is 106 Å². The molecular weight excluding hydrogens is 224 g/mol. The van der Waals surface area contributed by atoms with Gasteiger partial charge in [-0.05, 0) is 30.3 Å². The van der Waals surface area contributed by atoms with E-state index < -0.39 is 0 Å². The second-order valence-corrected chi connectivity index (χ2v) is 4.40. The summed E-state index contributed by atoms with van der Waals surface area (Å²) in [6, 6.07) is 12.1. The summed E-state index contributed by atoms with van der Waals surface area (Å²) in [5, 5.41) is 1.11. The molecule has 0 amide bonds. The first-order valence-corrected chi connectivity index (χ1v) is 5.86. The molecule has 0 saturated heterocycles. The molecule has 2 aromatic heterocycles. The Balaban J connectivity index is 2.33. The van der Waals surface area contributed by atoms with Gasteiger partial charge in [0, 0.05) is 31.2 Å². The topological polar surface area (TPSA) is 29.3 Å². The third-order valence-electron chi connectivity index (χ3n) is 3.02. The van der Waals surface area contributed by atoms with Gasteiger partial charge in [0.15, 0.2) is 0 Å². The van der Waals surface area contributed by atoms with Gasteiger partial charge in [0.1, 0.15) is 5.76 Å². The number of rotatable bonds is 2. The monoisotopic (exact) mass is 238 g/mol. The molecule has 1 aromatic carbocycles. The van der Waals surface area contributed by atoms with Crippen LogP contribution in [0.4, 0.5) is 5.69 Å². The molecule has 2 heterocycles. The van der Waals surface area contributed by atoms with Gasteiger partial charge in [-0.2, -0.15) is 0 Å². The Kier molecular flexibility index (Phi) is 2.52. The zero-order valence-corrected chi connectivity index (χ0v) is 10.4. The standard InChI is InChI=1S/C15H14N2O/c1-17(2)13-8-7-11(14-6-4-10-18-14)12-5-3-9-16-15(12)13/h3-10H,1-2H3. The average Bonchev–Trinajstić information content (AvgIpc) is 2.91. The summed E-state index contributed by atoms with van der Waals surface area (Å²) in [6.07, 6.45) is 3.51. The normalized spacial score (nSPS) is 10.8. The van der Waals surface area contributed by atoms with E-state index in [2.05, 4.69) is 28.1 Å². The zero-order chi connectivity index (χ0) is 12.5. The Bertz CT molecular complexity index is 672. The van der Waals surface area contributed by atoms with Crippen molar-refractivity contribution in [2.24, 2.45) is 0 Å². The summed E-state index contributed by atoms with van der Waals surface area (Å²) in [5.74, 6) is 0.873. The lowest BCUT2D eigenvalue weighted by atomic mass is 10.0. The molecule has 0 unspecified atom stereocenters. The van der Waals surface area contributed by atoms with E-state index in [-0.39, 0.29) is 0 Å². The molecule has 0 aliphatic carbocycles. The highest BCUT2D eigenvalue weighted by Gasteiger charge is 2.11. The fourth-order valence-electron chi connectivity index (χ4n) is 2.17. The van der Waals surface area contributed by atoms with Crippen molar-refractivity contribution in [2.75, 3.05) is 19.0 Å². The minimum absolute atomic E-state index is 0.873. The minimum Gasteiger partial charge on any atom is -0.464 e. The van der Waals surface area contributed by atoms with Gasteiger partial charge in [-0.25, -0.2) is 0 Å². The van der Waals surface area contributed by atoms with Crippen LogP contribution >= 0.6 is 0 Å². The third-order valence-corrected chi connectivity index (χ3v) is 3.02. The second kappa shape index (κ2) is 4.18. The number of benzene rings is 1. The van der Waals surface area contributed by atoms with Crippen molar-refractivity contribution in [1.29, 1.82) is 0 Å². The first-order chi connectivity index (χ1) is 8.77. The van der Waals surface area contributed by atoms with Crippen LogP contribution in [0.2, 0.25) is 0 Å². The second-order valence-electron chi connectivity index (χ2n) is 4.40. The third kappa shape index (κ3) is 1.64. The van der Waals surface area contributed by atoms with Crippen LogP contribution in [0.3, 0.4) is 0 Å². The predicted molar refractivity (Wildman–Crippen MR) is 73.8 cm³/mol. The molecule has 0 spiro atoms. The average molecular weight is 238 g/mol. The minimum atomic E-state index is 0.873. The molecule has 3 rings (SSSR count). The number of nitrogens with zero attached hydrogens (tertiary/aromatic N) is 2. The van der Waals surface area contributed by atoms with Gasteiger partial charge >= 0.3 is 0 Å². The highest BCUT2D eigenvalue weighted by molar-refractivity contribution is 6.00. The van der Waals surface area contributed by atoms with Crippen LogP contribution in [0.15, 0.2) is 53.3 Å². The van der Waals surface area contributed by atoms with Gasteiger partial charge in [-0.15, -0.1) is 0 Å². The molecule has 3 aromatic rings. The maximum atomic E-state index is 5.49. The van der Waals surface area contributed by atoms with Crippen LogP contribution in [0.1, 0.15) is 0 Å². The lowest BCUT2D eigenvalue weighted by Crippen LogP contribution is -2.09. The van der Waals surface area contributed by atoms with E-state index >= 15 is 0 Å². The number of fused-ring (bicyclic) bond motifs is 1. The molecule has 0 bridgehead atoms. The SMILES string of the molecule is CN(C)c1ccc(-c2ccco2)c2cccnc12. The van der Waals surface area contributed by atoms with Crippen molar-refractivity contribution in [2.45, 2.75) is 0 Å². The van der Waals surface area contributed by atoms with Crippen molar-refractivity contribution in [3.8, 4) is 11.3 Å². The van der Waals surface area contributed by atoms with Crippen molar-refractivity contribution >= 4 is 16.6 Å². The van der Waals surface area contributed by atoms with Crippen molar-refractivity contribution in [3.63, 3.8) is 0 Å². The number of hydrogen-bond acceptors (Lipinski definition) is 3. The lowest BCUT2D eigenvalue weighted by molar-refractivity contribution is 0.583. The van der Waals surface area contributed by atoms with Crippen molar-refractivity contribution in [1.82, 2.24) is 4.98 Å². The molecule has 0 N–H and O–H groups in total. The first kappa shape index (κ1) is 10.8. The fourth-order valence-corrected chi connectivity index (χ4v) is 2.17. The van der Waals surface area contributed by atoms with E-state index in [9.17, 15) is 0 Å².